The van der Waals surface area contributed by atoms with E-state index in [9.17, 15) is 9.59 Å². The molecule has 2 heterocycles. The number of rotatable bonds is 2. The SMILES string of the molecule is CC(=O)c1c(C)[nH]c2cc(Cl)c(C(=O)N3C[C@H](C)NCC3C)cc12. The lowest BCUT2D eigenvalue weighted by molar-refractivity contribution is 0.0616. The van der Waals surface area contributed by atoms with Gasteiger partial charge in [-0.1, -0.05) is 11.6 Å². The second-order valence-corrected chi connectivity index (χ2v) is 7.08. The lowest BCUT2D eigenvalue weighted by Crippen LogP contribution is -2.56. The average Bonchev–Trinajstić information content (AvgIpc) is 2.83. The first kappa shape index (κ1) is 17.0. The number of carbonyl (C=O) groups is 2. The van der Waals surface area contributed by atoms with Crippen molar-refractivity contribution in [2.45, 2.75) is 39.8 Å². The number of carbonyl (C=O) groups excluding carboxylic acids is 2. The first-order valence-corrected chi connectivity index (χ1v) is 8.54. The summed E-state index contributed by atoms with van der Waals surface area (Å²) >= 11 is 6.37. The van der Waals surface area contributed by atoms with Crippen molar-refractivity contribution in [3.05, 3.63) is 34.0 Å². The summed E-state index contributed by atoms with van der Waals surface area (Å²) in [6.07, 6.45) is 0. The average molecular weight is 348 g/mol. The molecule has 0 spiro atoms. The standard InChI is InChI=1S/C18H22ClN3O2/c1-9-8-22(10(2)7-20-9)18(24)13-5-14-16(6-15(13)19)21-11(3)17(14)12(4)23/h5-6,9-10,20-21H,7-8H2,1-4H3/t9-,10?/m0/s1. The number of hydrogen-bond donors (Lipinski definition) is 2. The monoisotopic (exact) mass is 347 g/mol. The second kappa shape index (κ2) is 6.22. The highest BCUT2D eigenvalue weighted by Crippen LogP contribution is 2.30. The molecule has 0 radical (unpaired) electrons. The Bertz CT molecular complexity index is 827. The van der Waals surface area contributed by atoms with Crippen LogP contribution in [-0.4, -0.2) is 46.7 Å². The molecule has 2 N–H and O–H groups in total. The maximum absolute atomic E-state index is 13.0. The highest BCUT2D eigenvalue weighted by Gasteiger charge is 2.29. The fraction of sp³-hybridized carbons (Fsp3) is 0.444. The minimum atomic E-state index is -0.0869. The van der Waals surface area contributed by atoms with Gasteiger partial charge in [0.2, 0.25) is 0 Å². The van der Waals surface area contributed by atoms with Crippen LogP contribution in [0.3, 0.4) is 0 Å². The molecule has 1 aliphatic rings. The summed E-state index contributed by atoms with van der Waals surface area (Å²) in [6, 6.07) is 3.83. The Labute approximate surface area is 146 Å². The topological polar surface area (TPSA) is 65.2 Å². The van der Waals surface area contributed by atoms with Crippen LogP contribution in [0.5, 0.6) is 0 Å². The summed E-state index contributed by atoms with van der Waals surface area (Å²) in [5.41, 5.74) is 2.65. The van der Waals surface area contributed by atoms with Crippen molar-refractivity contribution in [2.75, 3.05) is 13.1 Å². The number of amides is 1. The van der Waals surface area contributed by atoms with Crippen LogP contribution in [0.15, 0.2) is 12.1 Å². The molecule has 0 bridgehead atoms. The fourth-order valence-corrected chi connectivity index (χ4v) is 3.67. The molecule has 1 saturated heterocycles. The quantitative estimate of drug-likeness (QED) is 0.820. The highest BCUT2D eigenvalue weighted by molar-refractivity contribution is 6.35. The van der Waals surface area contributed by atoms with E-state index in [0.29, 0.717) is 22.7 Å². The number of fused-ring (bicyclic) bond motifs is 1. The molecule has 5 nitrogen and oxygen atoms in total. The molecule has 128 valence electrons. The first-order valence-electron chi connectivity index (χ1n) is 8.16. The zero-order valence-electron chi connectivity index (χ0n) is 14.4. The van der Waals surface area contributed by atoms with Gasteiger partial charge in [0.15, 0.2) is 5.78 Å². The van der Waals surface area contributed by atoms with Crippen LogP contribution in [-0.2, 0) is 0 Å². The second-order valence-electron chi connectivity index (χ2n) is 6.67. The Kier molecular flexibility index (Phi) is 4.40. The number of ketones is 1. The van der Waals surface area contributed by atoms with Crippen LogP contribution in [0.1, 0.15) is 47.2 Å². The summed E-state index contributed by atoms with van der Waals surface area (Å²) in [4.78, 5) is 30.0. The van der Waals surface area contributed by atoms with Crippen LogP contribution in [0.4, 0.5) is 0 Å². The van der Waals surface area contributed by atoms with Crippen molar-refractivity contribution in [2.24, 2.45) is 0 Å². The summed E-state index contributed by atoms with van der Waals surface area (Å²) in [5, 5.41) is 4.52. The van der Waals surface area contributed by atoms with E-state index in [1.165, 1.54) is 6.92 Å². The number of nitrogens with one attached hydrogen (secondary N) is 2. The number of aryl methyl sites for hydroxylation is 1. The number of Topliss-reactive ketones (excluding diaryl/α,β-unsaturated/α-hetero) is 1. The van der Waals surface area contributed by atoms with E-state index in [4.69, 9.17) is 11.6 Å². The summed E-state index contributed by atoms with van der Waals surface area (Å²) in [5.74, 6) is -0.111. The Balaban J connectivity index is 2.08. The van der Waals surface area contributed by atoms with Crippen molar-refractivity contribution in [1.82, 2.24) is 15.2 Å². The summed E-state index contributed by atoms with van der Waals surface area (Å²) < 4.78 is 0. The molecular formula is C18H22ClN3O2. The van der Waals surface area contributed by atoms with E-state index in [0.717, 1.165) is 23.1 Å². The van der Waals surface area contributed by atoms with Gasteiger partial charge >= 0.3 is 0 Å². The normalized spacial score (nSPS) is 21.3. The van der Waals surface area contributed by atoms with Gasteiger partial charge in [0.1, 0.15) is 0 Å². The molecule has 6 heteroatoms. The van der Waals surface area contributed by atoms with Gasteiger partial charge in [0.25, 0.3) is 5.91 Å². The first-order chi connectivity index (χ1) is 11.3. The number of piperazine rings is 1. The molecule has 1 aromatic carbocycles. The van der Waals surface area contributed by atoms with Gasteiger partial charge < -0.3 is 15.2 Å². The van der Waals surface area contributed by atoms with E-state index in [-0.39, 0.29) is 23.8 Å². The number of halogens is 1. The molecule has 1 fully saturated rings. The molecule has 1 aromatic heterocycles. The van der Waals surface area contributed by atoms with E-state index in [2.05, 4.69) is 17.2 Å². The summed E-state index contributed by atoms with van der Waals surface area (Å²) in [6.45, 7) is 8.86. The van der Waals surface area contributed by atoms with Gasteiger partial charge in [0, 0.05) is 47.3 Å². The van der Waals surface area contributed by atoms with Gasteiger partial charge in [-0.25, -0.2) is 0 Å². The van der Waals surface area contributed by atoms with E-state index in [1.54, 1.807) is 12.1 Å². The predicted molar refractivity (Wildman–Crippen MR) is 96.0 cm³/mol. The fourth-order valence-electron chi connectivity index (χ4n) is 3.43. The number of aromatic nitrogens is 1. The third-order valence-corrected chi connectivity index (χ3v) is 4.99. The van der Waals surface area contributed by atoms with Gasteiger partial charge in [-0.3, -0.25) is 9.59 Å². The van der Waals surface area contributed by atoms with Crippen LogP contribution >= 0.6 is 11.6 Å². The lowest BCUT2D eigenvalue weighted by Gasteiger charge is -2.37. The zero-order valence-corrected chi connectivity index (χ0v) is 15.1. The van der Waals surface area contributed by atoms with Crippen LogP contribution < -0.4 is 5.32 Å². The smallest absolute Gasteiger partial charge is 0.255 e. The number of H-pyrrole nitrogens is 1. The van der Waals surface area contributed by atoms with Crippen molar-refractivity contribution >= 4 is 34.2 Å². The Morgan fingerprint density at radius 2 is 2.00 bits per heavy atom. The molecule has 2 aromatic rings. The predicted octanol–water partition coefficient (Wildman–Crippen LogP) is 3.15. The maximum atomic E-state index is 13.0. The van der Waals surface area contributed by atoms with E-state index in [1.807, 2.05) is 18.7 Å². The Morgan fingerprint density at radius 1 is 1.29 bits per heavy atom. The van der Waals surface area contributed by atoms with Crippen molar-refractivity contribution in [3.8, 4) is 0 Å². The van der Waals surface area contributed by atoms with Gasteiger partial charge in [-0.15, -0.1) is 0 Å². The Hall–Kier alpha value is -1.85. The molecule has 3 rings (SSSR count). The molecular weight excluding hydrogens is 326 g/mol. The van der Waals surface area contributed by atoms with Crippen molar-refractivity contribution in [3.63, 3.8) is 0 Å². The molecule has 0 aliphatic carbocycles. The van der Waals surface area contributed by atoms with Gasteiger partial charge in [0.05, 0.1) is 10.6 Å². The van der Waals surface area contributed by atoms with Gasteiger partial charge in [-0.2, -0.15) is 0 Å². The van der Waals surface area contributed by atoms with Crippen molar-refractivity contribution < 1.29 is 9.59 Å². The number of aromatic amines is 1. The van der Waals surface area contributed by atoms with Crippen LogP contribution in [0.2, 0.25) is 5.02 Å². The van der Waals surface area contributed by atoms with Crippen LogP contribution in [0.25, 0.3) is 10.9 Å². The molecule has 24 heavy (non-hydrogen) atoms. The number of benzene rings is 1. The molecule has 1 unspecified atom stereocenters. The largest absolute Gasteiger partial charge is 0.358 e. The molecule has 1 amide bonds. The van der Waals surface area contributed by atoms with E-state index >= 15 is 0 Å². The van der Waals surface area contributed by atoms with Crippen molar-refractivity contribution in [1.29, 1.82) is 0 Å². The zero-order chi connectivity index (χ0) is 17.6. The number of hydrogen-bond acceptors (Lipinski definition) is 3. The third-order valence-electron chi connectivity index (χ3n) is 4.68. The minimum absolute atomic E-state index is 0.0244. The number of nitrogens with zero attached hydrogens (tertiary/aromatic N) is 1. The maximum Gasteiger partial charge on any atom is 0.255 e. The van der Waals surface area contributed by atoms with Crippen LogP contribution in [0, 0.1) is 6.92 Å². The van der Waals surface area contributed by atoms with E-state index < -0.39 is 0 Å². The summed E-state index contributed by atoms with van der Waals surface area (Å²) in [7, 11) is 0. The molecule has 2 atom stereocenters. The third kappa shape index (κ3) is 2.82. The highest BCUT2D eigenvalue weighted by atomic mass is 35.5. The molecule has 1 aliphatic heterocycles. The Morgan fingerprint density at radius 3 is 2.67 bits per heavy atom. The molecule has 0 saturated carbocycles. The lowest BCUT2D eigenvalue weighted by atomic mass is 10.0. The minimum Gasteiger partial charge on any atom is -0.358 e. The van der Waals surface area contributed by atoms with Gasteiger partial charge in [-0.05, 0) is 39.8 Å².